The van der Waals surface area contributed by atoms with Crippen LogP contribution in [-0.4, -0.2) is 39.8 Å². The average molecular weight is 291 g/mol. The van der Waals surface area contributed by atoms with Crippen molar-refractivity contribution >= 4 is 17.8 Å². The standard InChI is InChI=1S/C13H22FNO5/c1-3-7-13(14,8-4-2)12(20)15-9(11(18)19)5-6-10(16)17/h9H,3-8H2,1-2H3,(H,15,20)(H,16,17)(H,18,19). The Balaban J connectivity index is 4.78. The molecule has 0 aliphatic heterocycles. The molecule has 1 unspecified atom stereocenters. The van der Waals surface area contributed by atoms with Crippen molar-refractivity contribution in [1.82, 2.24) is 5.32 Å². The molecule has 0 rings (SSSR count). The van der Waals surface area contributed by atoms with Crippen LogP contribution in [0.3, 0.4) is 0 Å². The maximum atomic E-state index is 14.5. The Morgan fingerprint density at radius 3 is 2.00 bits per heavy atom. The number of hydrogen-bond donors (Lipinski definition) is 3. The second-order valence-electron chi connectivity index (χ2n) is 4.76. The Hall–Kier alpha value is -1.66. The zero-order valence-electron chi connectivity index (χ0n) is 11.8. The Kier molecular flexibility index (Phi) is 7.79. The first-order valence-electron chi connectivity index (χ1n) is 6.71. The molecule has 1 amide bonds. The third-order valence-corrected chi connectivity index (χ3v) is 2.95. The molecule has 0 aromatic heterocycles. The van der Waals surface area contributed by atoms with Crippen molar-refractivity contribution in [2.75, 3.05) is 0 Å². The average Bonchev–Trinajstić information content (AvgIpc) is 2.34. The first kappa shape index (κ1) is 18.3. The largest absolute Gasteiger partial charge is 0.481 e. The normalized spacial score (nSPS) is 12.8. The minimum absolute atomic E-state index is 0.0118. The molecule has 3 N–H and O–H groups in total. The first-order chi connectivity index (χ1) is 9.26. The fourth-order valence-corrected chi connectivity index (χ4v) is 1.96. The molecule has 6 nitrogen and oxygen atoms in total. The maximum Gasteiger partial charge on any atom is 0.326 e. The van der Waals surface area contributed by atoms with Gasteiger partial charge in [0.25, 0.3) is 5.91 Å². The number of rotatable bonds is 10. The molecule has 0 aliphatic carbocycles. The van der Waals surface area contributed by atoms with Crippen molar-refractivity contribution in [3.05, 3.63) is 0 Å². The van der Waals surface area contributed by atoms with Crippen molar-refractivity contribution in [3.8, 4) is 0 Å². The Morgan fingerprint density at radius 2 is 1.65 bits per heavy atom. The number of carbonyl (C=O) groups is 3. The molecule has 0 saturated heterocycles. The highest BCUT2D eigenvalue weighted by Gasteiger charge is 2.38. The van der Waals surface area contributed by atoms with Crippen LogP contribution < -0.4 is 5.32 Å². The second kappa shape index (κ2) is 8.50. The lowest BCUT2D eigenvalue weighted by Crippen LogP contribution is -2.50. The van der Waals surface area contributed by atoms with E-state index in [2.05, 4.69) is 5.32 Å². The van der Waals surface area contributed by atoms with Crippen LogP contribution >= 0.6 is 0 Å². The van der Waals surface area contributed by atoms with E-state index in [1.807, 2.05) is 0 Å². The first-order valence-corrected chi connectivity index (χ1v) is 6.71. The summed E-state index contributed by atoms with van der Waals surface area (Å²) in [5.41, 5.74) is -2.10. The highest BCUT2D eigenvalue weighted by Crippen LogP contribution is 2.25. The Labute approximate surface area is 117 Å². The van der Waals surface area contributed by atoms with Crippen LogP contribution in [0.4, 0.5) is 4.39 Å². The molecule has 0 heterocycles. The fraction of sp³-hybridized carbons (Fsp3) is 0.769. The van der Waals surface area contributed by atoms with E-state index in [9.17, 15) is 18.8 Å². The third kappa shape index (κ3) is 5.99. The lowest BCUT2D eigenvalue weighted by molar-refractivity contribution is -0.145. The summed E-state index contributed by atoms with van der Waals surface area (Å²) in [7, 11) is 0. The van der Waals surface area contributed by atoms with E-state index in [4.69, 9.17) is 10.2 Å². The van der Waals surface area contributed by atoms with Gasteiger partial charge in [0.05, 0.1) is 0 Å². The van der Waals surface area contributed by atoms with Crippen LogP contribution in [0.15, 0.2) is 0 Å². The number of amides is 1. The predicted octanol–water partition coefficient (Wildman–Crippen LogP) is 1.73. The second-order valence-corrected chi connectivity index (χ2v) is 4.76. The van der Waals surface area contributed by atoms with Crippen LogP contribution in [0.1, 0.15) is 52.4 Å². The molecule has 20 heavy (non-hydrogen) atoms. The van der Waals surface area contributed by atoms with Gasteiger partial charge in [0.1, 0.15) is 6.04 Å². The minimum Gasteiger partial charge on any atom is -0.481 e. The molecular weight excluding hydrogens is 269 g/mol. The number of hydrogen-bond acceptors (Lipinski definition) is 3. The monoisotopic (exact) mass is 291 g/mol. The predicted molar refractivity (Wildman–Crippen MR) is 70.1 cm³/mol. The van der Waals surface area contributed by atoms with Gasteiger partial charge in [-0.1, -0.05) is 26.7 Å². The molecule has 0 bridgehead atoms. The van der Waals surface area contributed by atoms with E-state index >= 15 is 0 Å². The molecule has 1 atom stereocenters. The summed E-state index contributed by atoms with van der Waals surface area (Å²) in [6, 6.07) is -1.39. The van der Waals surface area contributed by atoms with E-state index in [0.29, 0.717) is 12.8 Å². The summed E-state index contributed by atoms with van der Waals surface area (Å²) in [5.74, 6) is -3.51. The number of nitrogens with one attached hydrogen (secondary N) is 1. The van der Waals surface area contributed by atoms with Gasteiger partial charge in [0.15, 0.2) is 5.67 Å². The summed E-state index contributed by atoms with van der Waals surface area (Å²) in [5, 5.41) is 19.6. The van der Waals surface area contributed by atoms with Crippen molar-refractivity contribution in [2.45, 2.75) is 64.1 Å². The molecule has 0 aliphatic rings. The highest BCUT2D eigenvalue weighted by atomic mass is 19.1. The van der Waals surface area contributed by atoms with Gasteiger partial charge >= 0.3 is 11.9 Å². The van der Waals surface area contributed by atoms with Crippen LogP contribution in [0.5, 0.6) is 0 Å². The summed E-state index contributed by atoms with van der Waals surface area (Å²) in [4.78, 5) is 33.3. The number of alkyl halides is 1. The highest BCUT2D eigenvalue weighted by molar-refractivity contribution is 5.89. The number of carbonyl (C=O) groups excluding carboxylic acids is 1. The SMILES string of the molecule is CCCC(F)(CCC)C(=O)NC(CCC(=O)O)C(=O)O. The van der Waals surface area contributed by atoms with Crippen LogP contribution in [0, 0.1) is 0 Å². The molecular formula is C13H22FNO5. The zero-order valence-corrected chi connectivity index (χ0v) is 11.8. The van der Waals surface area contributed by atoms with Crippen molar-refractivity contribution in [2.24, 2.45) is 0 Å². The third-order valence-electron chi connectivity index (χ3n) is 2.95. The summed E-state index contributed by atoms with van der Waals surface area (Å²) in [6.07, 6.45) is 0.256. The van der Waals surface area contributed by atoms with Gasteiger partial charge in [-0.2, -0.15) is 0 Å². The van der Waals surface area contributed by atoms with E-state index in [-0.39, 0.29) is 19.3 Å². The lowest BCUT2D eigenvalue weighted by Gasteiger charge is -2.25. The summed E-state index contributed by atoms with van der Waals surface area (Å²) in [6.45, 7) is 3.47. The number of carboxylic acids is 2. The molecule has 0 saturated carbocycles. The number of aliphatic carboxylic acids is 2. The molecule has 0 fully saturated rings. The topological polar surface area (TPSA) is 104 Å². The molecule has 0 aromatic rings. The fourth-order valence-electron chi connectivity index (χ4n) is 1.96. The van der Waals surface area contributed by atoms with Crippen molar-refractivity contribution < 1.29 is 29.0 Å². The minimum atomic E-state index is -2.10. The van der Waals surface area contributed by atoms with Gasteiger partial charge in [-0.3, -0.25) is 9.59 Å². The van der Waals surface area contributed by atoms with Gasteiger partial charge in [0.2, 0.25) is 0 Å². The van der Waals surface area contributed by atoms with Crippen LogP contribution in [-0.2, 0) is 14.4 Å². The van der Waals surface area contributed by atoms with Crippen molar-refractivity contribution in [1.29, 1.82) is 0 Å². The Bertz CT molecular complexity index is 353. The summed E-state index contributed by atoms with van der Waals surface area (Å²) < 4.78 is 14.5. The summed E-state index contributed by atoms with van der Waals surface area (Å²) >= 11 is 0. The van der Waals surface area contributed by atoms with Crippen molar-refractivity contribution in [3.63, 3.8) is 0 Å². The van der Waals surface area contributed by atoms with E-state index in [1.165, 1.54) is 0 Å². The quantitative estimate of drug-likeness (QED) is 0.568. The van der Waals surface area contributed by atoms with Crippen LogP contribution in [0.25, 0.3) is 0 Å². The lowest BCUT2D eigenvalue weighted by atomic mass is 9.93. The molecule has 0 aromatic carbocycles. The maximum absolute atomic E-state index is 14.5. The molecule has 0 spiro atoms. The molecule has 7 heteroatoms. The Morgan fingerprint density at radius 1 is 1.15 bits per heavy atom. The van der Waals surface area contributed by atoms with Gasteiger partial charge in [-0.25, -0.2) is 9.18 Å². The molecule has 0 radical (unpaired) electrons. The van der Waals surface area contributed by atoms with E-state index in [0.717, 1.165) is 0 Å². The number of halogens is 1. The molecule has 116 valence electrons. The number of carboxylic acid groups (broad SMARTS) is 2. The van der Waals surface area contributed by atoms with E-state index in [1.54, 1.807) is 13.8 Å². The van der Waals surface area contributed by atoms with E-state index < -0.39 is 36.0 Å². The van der Waals surface area contributed by atoms with Gasteiger partial charge in [0, 0.05) is 6.42 Å². The van der Waals surface area contributed by atoms with Gasteiger partial charge < -0.3 is 15.5 Å². The van der Waals surface area contributed by atoms with Gasteiger partial charge in [-0.05, 0) is 19.3 Å². The zero-order chi connectivity index (χ0) is 15.8. The van der Waals surface area contributed by atoms with Crippen LogP contribution in [0.2, 0.25) is 0 Å². The van der Waals surface area contributed by atoms with Gasteiger partial charge in [-0.15, -0.1) is 0 Å². The smallest absolute Gasteiger partial charge is 0.326 e.